The van der Waals surface area contributed by atoms with Gasteiger partial charge in [-0.05, 0) is 36.8 Å². The third kappa shape index (κ3) is 4.26. The normalized spacial score (nSPS) is 14.9. The van der Waals surface area contributed by atoms with Crippen LogP contribution < -0.4 is 14.4 Å². The van der Waals surface area contributed by atoms with Crippen molar-refractivity contribution in [1.29, 1.82) is 0 Å². The van der Waals surface area contributed by atoms with Crippen molar-refractivity contribution < 1.29 is 17.9 Å². The fourth-order valence-electron chi connectivity index (χ4n) is 3.78. The molecular formula is C23H26N4O4S. The zero-order chi connectivity index (χ0) is 22.7. The van der Waals surface area contributed by atoms with Gasteiger partial charge in [-0.1, -0.05) is 24.3 Å². The minimum atomic E-state index is -3.72. The van der Waals surface area contributed by atoms with E-state index in [-0.39, 0.29) is 4.90 Å². The molecular weight excluding hydrogens is 428 g/mol. The molecule has 168 valence electrons. The third-order valence-corrected chi connectivity index (χ3v) is 7.54. The first-order valence-electron chi connectivity index (χ1n) is 10.3. The summed E-state index contributed by atoms with van der Waals surface area (Å²) in [4.78, 5) is 2.15. The molecule has 0 atom stereocenters. The number of methoxy groups -OCH3 is 2. The number of benzene rings is 2. The molecule has 0 saturated carbocycles. The molecule has 0 bridgehead atoms. The number of hydrogen-bond donors (Lipinski definition) is 0. The molecule has 0 amide bonds. The lowest BCUT2D eigenvalue weighted by Crippen LogP contribution is -2.49. The lowest BCUT2D eigenvalue weighted by molar-refractivity contribution is 0.370. The number of piperazine rings is 1. The van der Waals surface area contributed by atoms with E-state index in [0.29, 0.717) is 37.7 Å². The fraction of sp³-hybridized carbons (Fsp3) is 0.304. The summed E-state index contributed by atoms with van der Waals surface area (Å²) in [6, 6.07) is 16.7. The second-order valence-electron chi connectivity index (χ2n) is 7.50. The van der Waals surface area contributed by atoms with Crippen LogP contribution in [0.5, 0.6) is 11.5 Å². The highest BCUT2D eigenvalue weighted by atomic mass is 32.2. The quantitative estimate of drug-likeness (QED) is 0.566. The molecule has 4 rings (SSSR count). The van der Waals surface area contributed by atoms with E-state index in [0.717, 1.165) is 22.6 Å². The van der Waals surface area contributed by atoms with Crippen LogP contribution in [-0.4, -0.2) is 63.3 Å². The average Bonchev–Trinajstić information content (AvgIpc) is 2.84. The molecule has 1 aromatic heterocycles. The molecule has 0 aliphatic carbocycles. The van der Waals surface area contributed by atoms with Gasteiger partial charge in [0.2, 0.25) is 10.0 Å². The number of ether oxygens (including phenoxy) is 2. The van der Waals surface area contributed by atoms with Crippen LogP contribution in [0.15, 0.2) is 59.5 Å². The van der Waals surface area contributed by atoms with Crippen molar-refractivity contribution in [3.8, 4) is 22.8 Å². The summed E-state index contributed by atoms with van der Waals surface area (Å²) in [5.41, 5.74) is 3.01. The zero-order valence-corrected chi connectivity index (χ0v) is 19.2. The standard InChI is InChI=1S/C23H26N4O4S/c1-17-6-4-5-7-19(17)20-9-11-23(25-24-20)26-12-14-27(15-13-26)32(28,29)22-16-18(30-2)8-10-21(22)31-3/h4-11,16H,12-15H2,1-3H3. The average molecular weight is 455 g/mol. The minimum Gasteiger partial charge on any atom is -0.497 e. The predicted molar refractivity (Wildman–Crippen MR) is 123 cm³/mol. The van der Waals surface area contributed by atoms with E-state index < -0.39 is 10.0 Å². The van der Waals surface area contributed by atoms with Crippen LogP contribution >= 0.6 is 0 Å². The Morgan fingerprint density at radius 1 is 0.875 bits per heavy atom. The number of rotatable bonds is 6. The lowest BCUT2D eigenvalue weighted by Gasteiger charge is -2.34. The van der Waals surface area contributed by atoms with Crippen LogP contribution in [0.25, 0.3) is 11.3 Å². The number of aryl methyl sites for hydroxylation is 1. The fourth-order valence-corrected chi connectivity index (χ4v) is 5.37. The molecule has 1 aliphatic rings. The van der Waals surface area contributed by atoms with E-state index in [4.69, 9.17) is 9.47 Å². The van der Waals surface area contributed by atoms with Crippen LogP contribution in [-0.2, 0) is 10.0 Å². The summed E-state index contributed by atoms with van der Waals surface area (Å²) in [5.74, 6) is 1.50. The molecule has 0 unspecified atom stereocenters. The van der Waals surface area contributed by atoms with Crippen molar-refractivity contribution in [2.24, 2.45) is 0 Å². The first-order valence-corrected chi connectivity index (χ1v) is 11.7. The van der Waals surface area contributed by atoms with E-state index in [1.165, 1.54) is 24.6 Å². The third-order valence-electron chi connectivity index (χ3n) is 5.62. The van der Waals surface area contributed by atoms with Gasteiger partial charge in [-0.2, -0.15) is 4.31 Å². The summed E-state index contributed by atoms with van der Waals surface area (Å²) in [5, 5.41) is 8.77. The molecule has 0 N–H and O–H groups in total. The van der Waals surface area contributed by atoms with Gasteiger partial charge in [0.05, 0.1) is 19.9 Å². The van der Waals surface area contributed by atoms with Gasteiger partial charge in [-0.25, -0.2) is 8.42 Å². The molecule has 2 aromatic carbocycles. The smallest absolute Gasteiger partial charge is 0.247 e. The van der Waals surface area contributed by atoms with E-state index >= 15 is 0 Å². The Balaban J connectivity index is 1.48. The van der Waals surface area contributed by atoms with E-state index in [1.54, 1.807) is 12.1 Å². The summed E-state index contributed by atoms with van der Waals surface area (Å²) in [7, 11) is -0.766. The number of nitrogens with zero attached hydrogens (tertiary/aromatic N) is 4. The molecule has 8 nitrogen and oxygen atoms in total. The van der Waals surface area contributed by atoms with Gasteiger partial charge >= 0.3 is 0 Å². The van der Waals surface area contributed by atoms with Crippen molar-refractivity contribution in [1.82, 2.24) is 14.5 Å². The Bertz CT molecular complexity index is 1190. The molecule has 3 aromatic rings. The number of hydrogen-bond acceptors (Lipinski definition) is 7. The van der Waals surface area contributed by atoms with Gasteiger partial charge < -0.3 is 14.4 Å². The second kappa shape index (κ2) is 9.13. The maximum Gasteiger partial charge on any atom is 0.247 e. The topological polar surface area (TPSA) is 84.9 Å². The van der Waals surface area contributed by atoms with E-state index in [2.05, 4.69) is 10.2 Å². The van der Waals surface area contributed by atoms with Crippen LogP contribution in [0.1, 0.15) is 5.56 Å². The molecule has 2 heterocycles. The molecule has 0 spiro atoms. The van der Waals surface area contributed by atoms with Gasteiger partial charge in [-0.3, -0.25) is 0 Å². The SMILES string of the molecule is COc1ccc(OC)c(S(=O)(=O)N2CCN(c3ccc(-c4ccccc4C)nn3)CC2)c1. The van der Waals surface area contributed by atoms with Gasteiger partial charge in [0.1, 0.15) is 16.4 Å². The Morgan fingerprint density at radius 2 is 1.62 bits per heavy atom. The predicted octanol–water partition coefficient (Wildman–Crippen LogP) is 2.98. The summed E-state index contributed by atoms with van der Waals surface area (Å²) >= 11 is 0. The highest BCUT2D eigenvalue weighted by molar-refractivity contribution is 7.89. The molecule has 32 heavy (non-hydrogen) atoms. The minimum absolute atomic E-state index is 0.107. The van der Waals surface area contributed by atoms with Crippen molar-refractivity contribution in [3.05, 3.63) is 60.2 Å². The highest BCUT2D eigenvalue weighted by Gasteiger charge is 2.31. The maximum absolute atomic E-state index is 13.3. The highest BCUT2D eigenvalue weighted by Crippen LogP contribution is 2.31. The van der Waals surface area contributed by atoms with Crippen molar-refractivity contribution in [2.75, 3.05) is 45.3 Å². The molecule has 1 fully saturated rings. The Labute approximate surface area is 188 Å². The maximum atomic E-state index is 13.3. The summed E-state index contributed by atoms with van der Waals surface area (Å²) in [6.45, 7) is 3.75. The van der Waals surface area contributed by atoms with Crippen LogP contribution in [0.4, 0.5) is 5.82 Å². The largest absolute Gasteiger partial charge is 0.497 e. The molecule has 1 saturated heterocycles. The van der Waals surface area contributed by atoms with Gasteiger partial charge in [0.15, 0.2) is 5.82 Å². The first-order chi connectivity index (χ1) is 15.4. The zero-order valence-electron chi connectivity index (χ0n) is 18.4. The van der Waals surface area contributed by atoms with Crippen molar-refractivity contribution >= 4 is 15.8 Å². The lowest BCUT2D eigenvalue weighted by atomic mass is 10.1. The summed E-state index contributed by atoms with van der Waals surface area (Å²) in [6.07, 6.45) is 0. The van der Waals surface area contributed by atoms with E-state index in [9.17, 15) is 8.42 Å². The number of aromatic nitrogens is 2. The monoisotopic (exact) mass is 454 g/mol. The Kier molecular flexibility index (Phi) is 6.29. The van der Waals surface area contributed by atoms with Crippen molar-refractivity contribution in [3.63, 3.8) is 0 Å². The second-order valence-corrected chi connectivity index (χ2v) is 9.41. The molecule has 0 radical (unpaired) electrons. The number of sulfonamides is 1. The van der Waals surface area contributed by atoms with Crippen molar-refractivity contribution in [2.45, 2.75) is 11.8 Å². The van der Waals surface area contributed by atoms with Crippen LogP contribution in [0, 0.1) is 6.92 Å². The number of anilines is 1. The summed E-state index contributed by atoms with van der Waals surface area (Å²) < 4.78 is 38.5. The van der Waals surface area contributed by atoms with Gasteiger partial charge in [-0.15, -0.1) is 10.2 Å². The Hall–Kier alpha value is -3.17. The Morgan fingerprint density at radius 3 is 2.25 bits per heavy atom. The van der Waals surface area contributed by atoms with Crippen LogP contribution in [0.2, 0.25) is 0 Å². The van der Waals surface area contributed by atoms with Gasteiger partial charge in [0, 0.05) is 37.8 Å². The molecule has 9 heteroatoms. The molecule has 1 aliphatic heterocycles. The van der Waals surface area contributed by atoms with E-state index in [1.807, 2.05) is 48.2 Å². The first kappa shape index (κ1) is 22.0. The van der Waals surface area contributed by atoms with Crippen LogP contribution in [0.3, 0.4) is 0 Å². The van der Waals surface area contributed by atoms with Gasteiger partial charge in [0.25, 0.3) is 0 Å².